The van der Waals surface area contributed by atoms with Crippen LogP contribution in [-0.2, 0) is 13.1 Å². The van der Waals surface area contributed by atoms with E-state index in [0.717, 1.165) is 43.6 Å². The van der Waals surface area contributed by atoms with Gasteiger partial charge in [-0.25, -0.2) is 9.78 Å². The number of aliphatic hydroxyl groups is 1. The van der Waals surface area contributed by atoms with Gasteiger partial charge in [-0.05, 0) is 30.9 Å². The van der Waals surface area contributed by atoms with Crippen molar-refractivity contribution in [3.8, 4) is 0 Å². The number of imidazole rings is 1. The Balaban J connectivity index is 1.52. The molecule has 2 atom stereocenters. The monoisotopic (exact) mass is 342 g/mol. The summed E-state index contributed by atoms with van der Waals surface area (Å²) in [5.41, 5.74) is 2.22. The topological polar surface area (TPSA) is 79.2 Å². The zero-order valence-electron chi connectivity index (χ0n) is 14.6. The molecule has 3 N–H and O–H groups in total. The molecule has 1 fully saturated rings. The minimum Gasteiger partial charge on any atom is -0.391 e. The van der Waals surface area contributed by atoms with Gasteiger partial charge in [0.25, 0.3) is 0 Å². The van der Waals surface area contributed by atoms with Crippen LogP contribution in [0.25, 0.3) is 0 Å². The highest BCUT2D eigenvalue weighted by atomic mass is 16.3. The summed E-state index contributed by atoms with van der Waals surface area (Å²) in [6, 6.07) is 7.81. The molecule has 1 aliphatic carbocycles. The van der Waals surface area contributed by atoms with E-state index in [2.05, 4.69) is 32.3 Å². The molecule has 1 aliphatic rings. The Hall–Kier alpha value is -2.34. The van der Waals surface area contributed by atoms with Gasteiger partial charge in [-0.15, -0.1) is 0 Å². The van der Waals surface area contributed by atoms with Crippen molar-refractivity contribution >= 4 is 6.03 Å². The first-order valence-corrected chi connectivity index (χ1v) is 8.90. The normalized spacial score (nSPS) is 20.2. The number of hydrogen-bond acceptors (Lipinski definition) is 3. The fourth-order valence-corrected chi connectivity index (χ4v) is 3.29. The van der Waals surface area contributed by atoms with E-state index in [1.54, 1.807) is 6.20 Å². The second kappa shape index (κ2) is 8.16. The van der Waals surface area contributed by atoms with Crippen LogP contribution >= 0.6 is 0 Å². The van der Waals surface area contributed by atoms with Crippen LogP contribution in [0.1, 0.15) is 42.6 Å². The quantitative estimate of drug-likeness (QED) is 0.780. The Morgan fingerprint density at radius 2 is 2.12 bits per heavy atom. The second-order valence-corrected chi connectivity index (χ2v) is 6.71. The standard InChI is InChI=1S/C19H26N4O2/c1-14-20-9-10-23(14)13-16-6-4-5-15(11-16)12-21-19(25)22-17-7-2-3-8-18(17)24/h4-6,9-11,17-18,24H,2-3,7-8,12-13H2,1H3,(H2,21,22,25)/t17-,18-/m1/s1. The van der Waals surface area contributed by atoms with Crippen molar-refractivity contribution in [1.82, 2.24) is 20.2 Å². The highest BCUT2D eigenvalue weighted by molar-refractivity contribution is 5.74. The van der Waals surface area contributed by atoms with Gasteiger partial charge >= 0.3 is 6.03 Å². The number of nitrogens with one attached hydrogen (secondary N) is 2. The van der Waals surface area contributed by atoms with Gasteiger partial charge in [-0.3, -0.25) is 0 Å². The Morgan fingerprint density at radius 3 is 2.88 bits per heavy atom. The minimum absolute atomic E-state index is 0.135. The first-order chi connectivity index (χ1) is 12.1. The lowest BCUT2D eigenvalue weighted by atomic mass is 9.93. The van der Waals surface area contributed by atoms with Crippen LogP contribution in [0, 0.1) is 6.92 Å². The summed E-state index contributed by atoms with van der Waals surface area (Å²) in [7, 11) is 0. The number of aromatic nitrogens is 2. The molecule has 2 aromatic rings. The average Bonchev–Trinajstić information content (AvgIpc) is 3.00. The van der Waals surface area contributed by atoms with E-state index < -0.39 is 6.10 Å². The van der Waals surface area contributed by atoms with E-state index in [4.69, 9.17) is 0 Å². The first kappa shape index (κ1) is 17.5. The number of nitrogens with zero attached hydrogens (tertiary/aromatic N) is 2. The largest absolute Gasteiger partial charge is 0.391 e. The smallest absolute Gasteiger partial charge is 0.315 e. The summed E-state index contributed by atoms with van der Waals surface area (Å²) in [5.74, 6) is 0.981. The van der Waals surface area contributed by atoms with Crippen molar-refractivity contribution in [2.24, 2.45) is 0 Å². The Morgan fingerprint density at radius 1 is 1.32 bits per heavy atom. The molecule has 0 radical (unpaired) electrons. The highest BCUT2D eigenvalue weighted by Gasteiger charge is 2.24. The van der Waals surface area contributed by atoms with Crippen LogP contribution in [0.2, 0.25) is 0 Å². The molecule has 1 aromatic carbocycles. The summed E-state index contributed by atoms with van der Waals surface area (Å²) >= 11 is 0. The maximum atomic E-state index is 12.1. The average molecular weight is 342 g/mol. The molecule has 6 nitrogen and oxygen atoms in total. The fraction of sp³-hybridized carbons (Fsp3) is 0.474. The molecular formula is C19H26N4O2. The van der Waals surface area contributed by atoms with Crippen LogP contribution in [0.15, 0.2) is 36.7 Å². The number of rotatable bonds is 5. The summed E-state index contributed by atoms with van der Waals surface area (Å²) in [4.78, 5) is 16.3. The predicted octanol–water partition coefficient (Wildman–Crippen LogP) is 2.34. The molecule has 134 valence electrons. The number of benzene rings is 1. The van der Waals surface area contributed by atoms with Crippen LogP contribution in [-0.4, -0.2) is 32.8 Å². The minimum atomic E-state index is -0.429. The molecule has 0 bridgehead atoms. The number of amides is 2. The maximum Gasteiger partial charge on any atom is 0.315 e. The fourth-order valence-electron chi connectivity index (χ4n) is 3.29. The van der Waals surface area contributed by atoms with Crippen LogP contribution in [0.5, 0.6) is 0 Å². The van der Waals surface area contributed by atoms with Crippen LogP contribution < -0.4 is 10.6 Å². The molecular weight excluding hydrogens is 316 g/mol. The van der Waals surface area contributed by atoms with Gasteiger partial charge in [-0.2, -0.15) is 0 Å². The Bertz CT molecular complexity index is 713. The molecule has 1 heterocycles. The van der Waals surface area contributed by atoms with E-state index in [9.17, 15) is 9.90 Å². The molecule has 25 heavy (non-hydrogen) atoms. The highest BCUT2D eigenvalue weighted by Crippen LogP contribution is 2.18. The van der Waals surface area contributed by atoms with Gasteiger partial charge in [-0.1, -0.05) is 37.1 Å². The summed E-state index contributed by atoms with van der Waals surface area (Å²) in [6.45, 7) is 3.21. The number of aliphatic hydroxyl groups excluding tert-OH is 1. The molecule has 1 aromatic heterocycles. The SMILES string of the molecule is Cc1nccn1Cc1cccc(CNC(=O)N[C@@H]2CCCC[C@H]2O)c1. The van der Waals surface area contributed by atoms with Gasteiger partial charge in [0.1, 0.15) is 5.82 Å². The van der Waals surface area contributed by atoms with Crippen molar-refractivity contribution in [1.29, 1.82) is 0 Å². The molecule has 0 spiro atoms. The third-order valence-electron chi connectivity index (χ3n) is 4.77. The molecule has 0 unspecified atom stereocenters. The summed E-state index contributed by atoms with van der Waals surface area (Å²) in [6.07, 6.45) is 7.02. The van der Waals surface area contributed by atoms with E-state index in [-0.39, 0.29) is 12.1 Å². The maximum absolute atomic E-state index is 12.1. The van der Waals surface area contributed by atoms with Gasteiger partial charge in [0.05, 0.1) is 12.1 Å². The lowest BCUT2D eigenvalue weighted by Gasteiger charge is -2.28. The number of hydrogen-bond donors (Lipinski definition) is 3. The van der Waals surface area contributed by atoms with Gasteiger partial charge in [0.2, 0.25) is 0 Å². The van der Waals surface area contributed by atoms with E-state index in [1.165, 1.54) is 5.56 Å². The van der Waals surface area contributed by atoms with E-state index in [1.807, 2.05) is 25.3 Å². The van der Waals surface area contributed by atoms with E-state index in [0.29, 0.717) is 6.54 Å². The van der Waals surface area contributed by atoms with Crippen molar-refractivity contribution in [2.45, 2.75) is 57.8 Å². The van der Waals surface area contributed by atoms with Gasteiger partial charge in [0.15, 0.2) is 0 Å². The molecule has 0 saturated heterocycles. The first-order valence-electron chi connectivity index (χ1n) is 8.90. The van der Waals surface area contributed by atoms with Crippen LogP contribution in [0.3, 0.4) is 0 Å². The van der Waals surface area contributed by atoms with Crippen molar-refractivity contribution < 1.29 is 9.90 Å². The zero-order chi connectivity index (χ0) is 17.6. The van der Waals surface area contributed by atoms with E-state index >= 15 is 0 Å². The molecule has 2 amide bonds. The lowest BCUT2D eigenvalue weighted by Crippen LogP contribution is -2.48. The summed E-state index contributed by atoms with van der Waals surface area (Å²) < 4.78 is 2.09. The van der Waals surface area contributed by atoms with Gasteiger partial charge in [0, 0.05) is 25.5 Å². The molecule has 6 heteroatoms. The number of aryl methyl sites for hydroxylation is 1. The predicted molar refractivity (Wildman–Crippen MR) is 96.1 cm³/mol. The molecule has 1 saturated carbocycles. The van der Waals surface area contributed by atoms with Gasteiger partial charge < -0.3 is 20.3 Å². The Kier molecular flexibility index (Phi) is 5.71. The summed E-state index contributed by atoms with van der Waals surface area (Å²) in [5, 5.41) is 15.7. The second-order valence-electron chi connectivity index (χ2n) is 6.71. The van der Waals surface area contributed by atoms with Crippen LogP contribution in [0.4, 0.5) is 4.79 Å². The zero-order valence-corrected chi connectivity index (χ0v) is 14.6. The lowest BCUT2D eigenvalue weighted by molar-refractivity contribution is 0.0943. The number of carbonyl (C=O) groups is 1. The molecule has 3 rings (SSSR count). The van der Waals surface area contributed by atoms with Crippen molar-refractivity contribution in [3.05, 3.63) is 53.6 Å². The Labute approximate surface area is 148 Å². The third-order valence-corrected chi connectivity index (χ3v) is 4.77. The van der Waals surface area contributed by atoms with Crippen molar-refractivity contribution in [2.75, 3.05) is 0 Å². The molecule has 0 aliphatic heterocycles. The number of urea groups is 1. The number of carbonyl (C=O) groups excluding carboxylic acids is 1. The van der Waals surface area contributed by atoms with Crippen molar-refractivity contribution in [3.63, 3.8) is 0 Å². The third kappa shape index (κ3) is 4.82.